The van der Waals surface area contributed by atoms with Gasteiger partial charge in [-0.2, -0.15) is 4.98 Å². The smallest absolute Gasteiger partial charge is 0.278 e. The molecule has 1 saturated heterocycles. The number of allylic oxidation sites excluding steroid dienone is 1. The number of fused-ring (bicyclic) bond motifs is 2. The largest absolute Gasteiger partial charge is 0.383 e. The molecular formula is C31H36N8O2. The molecule has 41 heavy (non-hydrogen) atoms. The highest BCUT2D eigenvalue weighted by atomic mass is 16.3. The van der Waals surface area contributed by atoms with Crippen molar-refractivity contribution in [1.29, 1.82) is 0 Å². The standard InChI is InChI=1S/C31H36N8O2/c1-5-12-38-28(40)23-19-32-29(33-22-7-8-24(20(2)17-22)37-15-13-36(4)14-16-37)35-27(23)39(38)25-9-6-21-18-31(10-11-31)30(3,41)26(21)34-25/h5-9,17,19,41H,1,10-16,18H2,2-4H3,(H,32,33,35). The molecule has 1 spiro atoms. The molecule has 212 valence electrons. The molecular weight excluding hydrogens is 516 g/mol. The summed E-state index contributed by atoms with van der Waals surface area (Å²) < 4.78 is 3.29. The Hall–Kier alpha value is -4.02. The quantitative estimate of drug-likeness (QED) is 0.350. The van der Waals surface area contributed by atoms with Crippen LogP contribution in [0.15, 0.2) is 54.0 Å². The number of likely N-dealkylation sites (N-methyl/N-ethyl adjacent to an activating group) is 1. The lowest BCUT2D eigenvalue weighted by Crippen LogP contribution is -2.44. The van der Waals surface area contributed by atoms with E-state index in [2.05, 4.69) is 52.8 Å². The molecule has 2 fully saturated rings. The van der Waals surface area contributed by atoms with E-state index >= 15 is 0 Å². The number of pyridine rings is 1. The van der Waals surface area contributed by atoms with Crippen LogP contribution in [0.3, 0.4) is 0 Å². The van der Waals surface area contributed by atoms with Crippen LogP contribution in [0.2, 0.25) is 0 Å². The van der Waals surface area contributed by atoms with Crippen LogP contribution in [0.1, 0.15) is 36.6 Å². The van der Waals surface area contributed by atoms with Gasteiger partial charge in [-0.3, -0.25) is 4.79 Å². The van der Waals surface area contributed by atoms with Crippen LogP contribution < -0.4 is 15.8 Å². The van der Waals surface area contributed by atoms with Gasteiger partial charge in [-0.05, 0) is 75.5 Å². The molecule has 10 nitrogen and oxygen atoms in total. The lowest BCUT2D eigenvalue weighted by atomic mass is 9.88. The Morgan fingerprint density at radius 1 is 1.12 bits per heavy atom. The normalized spacial score (nSPS) is 21.4. The molecule has 1 atom stereocenters. The van der Waals surface area contributed by atoms with Crippen molar-refractivity contribution >= 4 is 28.4 Å². The number of nitrogens with one attached hydrogen (secondary N) is 1. The number of piperazine rings is 1. The molecule has 4 aromatic rings. The van der Waals surface area contributed by atoms with Gasteiger partial charge in [-0.25, -0.2) is 19.3 Å². The number of aromatic nitrogens is 5. The van der Waals surface area contributed by atoms with Crippen LogP contribution in [-0.2, 0) is 18.6 Å². The third-order valence-electron chi connectivity index (χ3n) is 9.33. The molecule has 3 aliphatic rings. The van der Waals surface area contributed by atoms with Crippen molar-refractivity contribution in [3.8, 4) is 5.82 Å². The first-order valence-electron chi connectivity index (χ1n) is 14.3. The van der Waals surface area contributed by atoms with Gasteiger partial charge >= 0.3 is 0 Å². The Balaban J connectivity index is 1.26. The minimum absolute atomic E-state index is 0.113. The Kier molecular flexibility index (Phi) is 5.85. The summed E-state index contributed by atoms with van der Waals surface area (Å²) in [5, 5.41) is 15.2. The van der Waals surface area contributed by atoms with Gasteiger partial charge in [-0.15, -0.1) is 6.58 Å². The maximum Gasteiger partial charge on any atom is 0.278 e. The monoisotopic (exact) mass is 552 g/mol. The van der Waals surface area contributed by atoms with Gasteiger partial charge in [0.05, 0.1) is 12.2 Å². The molecule has 3 aromatic heterocycles. The molecule has 0 amide bonds. The third-order valence-corrected chi connectivity index (χ3v) is 9.33. The van der Waals surface area contributed by atoms with Gasteiger partial charge in [0.15, 0.2) is 11.5 Å². The lowest BCUT2D eigenvalue weighted by molar-refractivity contribution is -0.0102. The summed E-state index contributed by atoms with van der Waals surface area (Å²) in [7, 11) is 2.16. The molecule has 0 bridgehead atoms. The van der Waals surface area contributed by atoms with Gasteiger partial charge in [-0.1, -0.05) is 12.1 Å². The summed E-state index contributed by atoms with van der Waals surface area (Å²) in [6.45, 7) is 12.2. The van der Waals surface area contributed by atoms with E-state index in [1.165, 1.54) is 11.3 Å². The molecule has 2 N–H and O–H groups in total. The topological polar surface area (TPSA) is 104 Å². The second-order valence-corrected chi connectivity index (χ2v) is 12.0. The highest BCUT2D eigenvalue weighted by Gasteiger charge is 2.62. The summed E-state index contributed by atoms with van der Waals surface area (Å²) in [5.41, 5.74) is 4.17. The second kappa shape index (κ2) is 9.25. The molecule has 1 unspecified atom stereocenters. The predicted molar refractivity (Wildman–Crippen MR) is 160 cm³/mol. The highest BCUT2D eigenvalue weighted by Crippen LogP contribution is 2.64. The zero-order valence-corrected chi connectivity index (χ0v) is 23.9. The third kappa shape index (κ3) is 4.07. The van der Waals surface area contributed by atoms with Gasteiger partial charge in [0.25, 0.3) is 5.56 Å². The molecule has 0 radical (unpaired) electrons. The van der Waals surface area contributed by atoms with Crippen LogP contribution in [0, 0.1) is 12.3 Å². The van der Waals surface area contributed by atoms with E-state index in [4.69, 9.17) is 9.97 Å². The zero-order valence-electron chi connectivity index (χ0n) is 23.9. The fourth-order valence-corrected chi connectivity index (χ4v) is 6.64. The molecule has 7 rings (SSSR count). The van der Waals surface area contributed by atoms with E-state index in [1.807, 2.05) is 25.1 Å². The Labute approximate surface area is 238 Å². The fraction of sp³-hybridized carbons (Fsp3) is 0.419. The van der Waals surface area contributed by atoms with Crippen LogP contribution >= 0.6 is 0 Å². The summed E-state index contributed by atoms with van der Waals surface area (Å²) in [4.78, 5) is 32.4. The van der Waals surface area contributed by atoms with E-state index in [9.17, 15) is 9.90 Å². The summed E-state index contributed by atoms with van der Waals surface area (Å²) >= 11 is 0. The predicted octanol–water partition coefficient (Wildman–Crippen LogP) is 3.51. The zero-order chi connectivity index (χ0) is 28.5. The van der Waals surface area contributed by atoms with Crippen molar-refractivity contribution in [3.63, 3.8) is 0 Å². The van der Waals surface area contributed by atoms with Crippen molar-refractivity contribution in [2.75, 3.05) is 43.4 Å². The maximum absolute atomic E-state index is 13.4. The number of hydrogen-bond donors (Lipinski definition) is 2. The van der Waals surface area contributed by atoms with Gasteiger partial charge in [0.1, 0.15) is 11.0 Å². The molecule has 1 aliphatic heterocycles. The van der Waals surface area contributed by atoms with Gasteiger partial charge in [0.2, 0.25) is 5.95 Å². The number of aliphatic hydroxyl groups is 1. The maximum atomic E-state index is 13.4. The number of anilines is 3. The number of nitrogens with zero attached hydrogens (tertiary/aromatic N) is 7. The lowest BCUT2D eigenvalue weighted by Gasteiger charge is -2.35. The summed E-state index contributed by atoms with van der Waals surface area (Å²) in [6.07, 6.45) is 6.07. The van der Waals surface area contributed by atoms with E-state index in [-0.39, 0.29) is 17.5 Å². The van der Waals surface area contributed by atoms with Gasteiger partial charge < -0.3 is 20.2 Å². The molecule has 4 heterocycles. The van der Waals surface area contributed by atoms with Crippen LogP contribution in [0.25, 0.3) is 16.9 Å². The first-order chi connectivity index (χ1) is 19.7. The Morgan fingerprint density at radius 3 is 2.61 bits per heavy atom. The van der Waals surface area contributed by atoms with E-state index in [0.29, 0.717) is 28.5 Å². The Morgan fingerprint density at radius 2 is 1.90 bits per heavy atom. The summed E-state index contributed by atoms with van der Waals surface area (Å²) in [6, 6.07) is 10.2. The van der Waals surface area contributed by atoms with Crippen molar-refractivity contribution in [2.24, 2.45) is 5.41 Å². The number of benzene rings is 1. The van der Waals surface area contributed by atoms with Crippen molar-refractivity contribution in [1.82, 2.24) is 29.2 Å². The van der Waals surface area contributed by atoms with E-state index in [0.717, 1.165) is 56.7 Å². The summed E-state index contributed by atoms with van der Waals surface area (Å²) in [5.74, 6) is 0.923. The van der Waals surface area contributed by atoms with Crippen LogP contribution in [0.5, 0.6) is 0 Å². The number of rotatable bonds is 6. The minimum Gasteiger partial charge on any atom is -0.383 e. The minimum atomic E-state index is -0.999. The highest BCUT2D eigenvalue weighted by molar-refractivity contribution is 5.77. The van der Waals surface area contributed by atoms with Crippen molar-refractivity contribution in [2.45, 2.75) is 45.3 Å². The molecule has 10 heteroatoms. The Bertz CT molecular complexity index is 1740. The second-order valence-electron chi connectivity index (χ2n) is 12.0. The van der Waals surface area contributed by atoms with Gasteiger partial charge in [0, 0.05) is 49.2 Å². The van der Waals surface area contributed by atoms with E-state index < -0.39 is 5.60 Å². The first-order valence-corrected chi connectivity index (χ1v) is 14.3. The average molecular weight is 553 g/mol. The molecule has 2 aliphatic carbocycles. The van der Waals surface area contributed by atoms with Crippen LogP contribution in [-0.4, -0.2) is 67.5 Å². The fourth-order valence-electron chi connectivity index (χ4n) is 6.64. The molecule has 1 saturated carbocycles. The van der Waals surface area contributed by atoms with Crippen LogP contribution in [0.4, 0.5) is 17.3 Å². The number of aryl methyl sites for hydroxylation is 1. The van der Waals surface area contributed by atoms with E-state index in [1.54, 1.807) is 21.6 Å². The average Bonchev–Trinajstić information content (AvgIpc) is 3.65. The SMILES string of the molecule is C=CCn1c(=O)c2cnc(Nc3ccc(N4CCN(C)CC4)c(C)c3)nc2n1-c1ccc2c(n1)C(C)(O)C1(CC1)C2. The first kappa shape index (κ1) is 25.9. The number of hydrogen-bond acceptors (Lipinski definition) is 8. The molecule has 1 aromatic carbocycles. The van der Waals surface area contributed by atoms with Crippen molar-refractivity contribution in [3.05, 3.63) is 76.4 Å². The van der Waals surface area contributed by atoms with Crippen molar-refractivity contribution < 1.29 is 5.11 Å².